The summed E-state index contributed by atoms with van der Waals surface area (Å²) in [6.45, 7) is -1.39. The number of carbonyl (C=O) groups is 7. The first-order chi connectivity index (χ1) is 19.1. The van der Waals surface area contributed by atoms with E-state index in [0.717, 1.165) is 15.9 Å². The van der Waals surface area contributed by atoms with Gasteiger partial charge in [0, 0.05) is 45.3 Å². The molecule has 18 nitrogen and oxygen atoms in total. The maximum atomic E-state index is 12.3. The largest absolute Gasteiger partial charge is 0.480 e. The van der Waals surface area contributed by atoms with Crippen molar-refractivity contribution in [1.82, 2.24) is 19.6 Å². The van der Waals surface area contributed by atoms with E-state index in [-0.39, 0.29) is 39.3 Å². The fourth-order valence-electron chi connectivity index (χ4n) is 3.41. The average Bonchev–Trinajstić information content (AvgIpc) is 2.84. The van der Waals surface area contributed by atoms with Crippen molar-refractivity contribution in [3.63, 3.8) is 0 Å². The second-order valence-electron chi connectivity index (χ2n) is 8.76. The fraction of sp³-hybridized carbons (Fsp3) is 0.609. The number of nitrogens with zero attached hydrogens (tertiary/aromatic N) is 4. The van der Waals surface area contributed by atoms with Crippen LogP contribution in [0, 0.1) is 0 Å². The molecule has 6 N–H and O–H groups in total. The van der Waals surface area contributed by atoms with Gasteiger partial charge in [0.05, 0.1) is 39.3 Å². The van der Waals surface area contributed by atoms with E-state index < -0.39 is 93.6 Å². The quantitative estimate of drug-likeness (QED) is 0.0439. The zero-order chi connectivity index (χ0) is 31.5. The van der Waals surface area contributed by atoms with Crippen molar-refractivity contribution < 1.29 is 68.9 Å². The Morgan fingerprint density at radius 3 is 1.17 bits per heavy atom. The molecule has 0 aliphatic rings. The Labute approximate surface area is 234 Å². The highest BCUT2D eigenvalue weighted by molar-refractivity contribution is 5.86. The lowest BCUT2D eigenvalue weighted by Gasteiger charge is -2.29. The lowest BCUT2D eigenvalue weighted by Crippen LogP contribution is -2.47. The fourth-order valence-corrected chi connectivity index (χ4v) is 3.41. The molecule has 0 saturated carbocycles. The summed E-state index contributed by atoms with van der Waals surface area (Å²) in [5.41, 5.74) is 0. The first-order valence-corrected chi connectivity index (χ1v) is 12.1. The highest BCUT2D eigenvalue weighted by Crippen LogP contribution is 2.00. The van der Waals surface area contributed by atoms with Gasteiger partial charge in [-0.2, -0.15) is 0 Å². The number of ketones is 1. The number of hydrogen-bond acceptors (Lipinski definition) is 13. The van der Waals surface area contributed by atoms with Gasteiger partial charge in [-0.1, -0.05) is 6.58 Å². The lowest BCUT2D eigenvalue weighted by atomic mass is 10.2. The van der Waals surface area contributed by atoms with Gasteiger partial charge in [-0.3, -0.25) is 48.4 Å². The molecular weight excluding hydrogens is 556 g/mol. The first kappa shape index (κ1) is 37.0. The van der Waals surface area contributed by atoms with Crippen LogP contribution in [0.3, 0.4) is 0 Å². The number of carboxylic acid groups (broad SMARTS) is 5. The second-order valence-corrected chi connectivity index (χ2v) is 8.76. The number of Topliss-reactive ketones (excluding diaryl/α,β-unsaturated/α-hetero) is 1. The molecule has 0 fully saturated rings. The molecule has 1 unspecified atom stereocenters. The number of hydrogen-bond donors (Lipinski definition) is 6. The van der Waals surface area contributed by atoms with Crippen LogP contribution in [0.25, 0.3) is 0 Å². The van der Waals surface area contributed by atoms with E-state index in [9.17, 15) is 54.0 Å². The zero-order valence-electron chi connectivity index (χ0n) is 22.3. The highest BCUT2D eigenvalue weighted by Gasteiger charge is 2.23. The smallest absolute Gasteiger partial charge is 0.330 e. The lowest BCUT2D eigenvalue weighted by molar-refractivity contribution is -0.145. The van der Waals surface area contributed by atoms with Gasteiger partial charge in [0.2, 0.25) is 0 Å². The van der Waals surface area contributed by atoms with Crippen LogP contribution in [0.4, 0.5) is 0 Å². The number of aliphatic hydroxyl groups excluding tert-OH is 1. The average molecular weight is 593 g/mol. The third-order valence-corrected chi connectivity index (χ3v) is 5.29. The summed E-state index contributed by atoms with van der Waals surface area (Å²) in [5, 5.41) is 55.5. The third kappa shape index (κ3) is 19.7. The zero-order valence-corrected chi connectivity index (χ0v) is 22.3. The molecule has 0 saturated heterocycles. The van der Waals surface area contributed by atoms with Crippen LogP contribution in [0.5, 0.6) is 0 Å². The minimum Gasteiger partial charge on any atom is -0.480 e. The molecule has 0 aliphatic heterocycles. The normalized spacial score (nSPS) is 11.9. The molecule has 41 heavy (non-hydrogen) atoms. The van der Waals surface area contributed by atoms with Gasteiger partial charge >= 0.3 is 35.8 Å². The van der Waals surface area contributed by atoms with Gasteiger partial charge in [-0.05, 0) is 0 Å². The maximum Gasteiger partial charge on any atom is 0.330 e. The van der Waals surface area contributed by atoms with Gasteiger partial charge in [0.1, 0.15) is 12.7 Å². The minimum absolute atomic E-state index is 0.0290. The molecule has 0 radical (unpaired) electrons. The van der Waals surface area contributed by atoms with Crippen LogP contribution in [-0.4, -0.2) is 183 Å². The molecule has 0 rings (SSSR count). The number of esters is 1. The summed E-state index contributed by atoms with van der Waals surface area (Å²) < 4.78 is 4.59. The molecule has 0 spiro atoms. The van der Waals surface area contributed by atoms with Crippen molar-refractivity contribution in [1.29, 1.82) is 0 Å². The van der Waals surface area contributed by atoms with Crippen LogP contribution in [-0.2, 0) is 38.3 Å². The van der Waals surface area contributed by atoms with Crippen molar-refractivity contribution >= 4 is 41.6 Å². The number of rotatable bonds is 25. The summed E-state index contributed by atoms with van der Waals surface area (Å²) in [5.74, 6) is -8.08. The van der Waals surface area contributed by atoms with Gasteiger partial charge in [-0.15, -0.1) is 0 Å². The van der Waals surface area contributed by atoms with Crippen LogP contribution >= 0.6 is 0 Å². The number of ether oxygens (including phenoxy) is 1. The Balaban J connectivity index is 5.32. The molecular formula is C23H36N4O14. The van der Waals surface area contributed by atoms with Gasteiger partial charge in [0.15, 0.2) is 5.78 Å². The van der Waals surface area contributed by atoms with E-state index in [1.54, 1.807) is 0 Å². The van der Waals surface area contributed by atoms with E-state index in [4.69, 9.17) is 10.2 Å². The SMILES string of the molecule is C=CC(=O)OCC(O)C(=O)CN(CCN(CCN(CCN(CC(=O)O)CC(=O)O)CC(=O)O)CC(=O)O)CC(=O)O. The predicted molar refractivity (Wildman–Crippen MR) is 136 cm³/mol. The van der Waals surface area contributed by atoms with Crippen molar-refractivity contribution in [3.05, 3.63) is 12.7 Å². The van der Waals surface area contributed by atoms with Crippen LogP contribution in [0.2, 0.25) is 0 Å². The van der Waals surface area contributed by atoms with Crippen LogP contribution in [0.1, 0.15) is 0 Å². The van der Waals surface area contributed by atoms with Crippen molar-refractivity contribution in [3.8, 4) is 0 Å². The standard InChI is InChI=1S/C23H36N4O14/c1-2-23(40)41-15-17(29)16(28)9-26(12-20(34)35)7-5-24(10-18(30)31)3-4-25(11-19(32)33)6-8-27(13-21(36)37)14-22(38)39/h2,17,29H,1,3-15H2,(H,30,31)(H,32,33)(H,34,35)(H,36,37)(H,38,39). The molecule has 0 bridgehead atoms. The van der Waals surface area contributed by atoms with E-state index in [1.165, 1.54) is 9.80 Å². The molecule has 0 aliphatic carbocycles. The maximum absolute atomic E-state index is 12.3. The molecule has 1 atom stereocenters. The Morgan fingerprint density at radius 2 is 0.854 bits per heavy atom. The van der Waals surface area contributed by atoms with E-state index in [1.807, 2.05) is 0 Å². The predicted octanol–water partition coefficient (Wildman–Crippen LogP) is -3.72. The van der Waals surface area contributed by atoms with Crippen molar-refractivity contribution in [2.75, 3.05) is 85.1 Å². The Hall–Kier alpha value is -3.97. The van der Waals surface area contributed by atoms with Crippen LogP contribution in [0.15, 0.2) is 12.7 Å². The van der Waals surface area contributed by atoms with Gasteiger partial charge in [-0.25, -0.2) is 4.79 Å². The first-order valence-electron chi connectivity index (χ1n) is 12.1. The number of aliphatic carboxylic acids is 5. The summed E-state index contributed by atoms with van der Waals surface area (Å²) in [4.78, 5) is 84.3. The van der Waals surface area contributed by atoms with Crippen LogP contribution < -0.4 is 0 Å². The summed E-state index contributed by atoms with van der Waals surface area (Å²) in [6, 6.07) is 0. The van der Waals surface area contributed by atoms with E-state index in [2.05, 4.69) is 11.3 Å². The minimum atomic E-state index is -1.74. The number of aliphatic hydroxyl groups is 1. The summed E-state index contributed by atoms with van der Waals surface area (Å²) in [6.07, 6.45) is -0.915. The molecule has 18 heteroatoms. The molecule has 0 aromatic rings. The van der Waals surface area contributed by atoms with Gasteiger partial charge in [0.25, 0.3) is 0 Å². The summed E-state index contributed by atoms with van der Waals surface area (Å²) in [7, 11) is 0. The Bertz CT molecular complexity index is 927. The molecule has 0 amide bonds. The highest BCUT2D eigenvalue weighted by atomic mass is 16.5. The topological polar surface area (TPSA) is 263 Å². The van der Waals surface area contributed by atoms with Crippen molar-refractivity contribution in [2.24, 2.45) is 0 Å². The van der Waals surface area contributed by atoms with Crippen molar-refractivity contribution in [2.45, 2.75) is 6.10 Å². The number of carboxylic acids is 5. The Kier molecular flexibility index (Phi) is 18.1. The monoisotopic (exact) mass is 592 g/mol. The van der Waals surface area contributed by atoms with Gasteiger partial charge < -0.3 is 35.4 Å². The molecule has 232 valence electrons. The molecule has 0 heterocycles. The van der Waals surface area contributed by atoms with E-state index in [0.29, 0.717) is 0 Å². The second kappa shape index (κ2) is 20.0. The van der Waals surface area contributed by atoms with E-state index >= 15 is 0 Å². The Morgan fingerprint density at radius 1 is 0.561 bits per heavy atom. The molecule has 0 aromatic heterocycles. The number of carbonyl (C=O) groups excluding carboxylic acids is 2. The third-order valence-electron chi connectivity index (χ3n) is 5.29. The molecule has 0 aromatic carbocycles. The summed E-state index contributed by atoms with van der Waals surface area (Å²) >= 11 is 0.